The van der Waals surface area contributed by atoms with Gasteiger partial charge in [0.1, 0.15) is 0 Å². The Bertz CT molecular complexity index is 342. The maximum Gasteiger partial charge on any atom is 0.0701 e. The predicted molar refractivity (Wildman–Crippen MR) is 71.7 cm³/mol. The Kier molecular flexibility index (Phi) is 4.41. The van der Waals surface area contributed by atoms with Gasteiger partial charge >= 0.3 is 0 Å². The molecule has 2 nitrogen and oxygen atoms in total. The summed E-state index contributed by atoms with van der Waals surface area (Å²) in [5, 5.41) is 12.0. The van der Waals surface area contributed by atoms with Crippen molar-refractivity contribution in [2.24, 2.45) is 5.92 Å². The van der Waals surface area contributed by atoms with E-state index in [0.717, 1.165) is 19.5 Å². The summed E-state index contributed by atoms with van der Waals surface area (Å²) in [5.41, 5.74) is 1.35. The lowest BCUT2D eigenvalue weighted by molar-refractivity contribution is 0.108. The SMILES string of the molecule is CN(Cc1csc(Br)c1)CC1CCCC1O. The van der Waals surface area contributed by atoms with Gasteiger partial charge in [0.05, 0.1) is 9.89 Å². The van der Waals surface area contributed by atoms with E-state index in [1.807, 2.05) is 0 Å². The van der Waals surface area contributed by atoms with Gasteiger partial charge in [0.25, 0.3) is 0 Å². The summed E-state index contributed by atoms with van der Waals surface area (Å²) >= 11 is 5.21. The van der Waals surface area contributed by atoms with Crippen LogP contribution in [0.15, 0.2) is 15.2 Å². The molecule has 1 aliphatic rings. The van der Waals surface area contributed by atoms with Crippen LogP contribution in [0.5, 0.6) is 0 Å². The molecule has 1 aromatic rings. The zero-order valence-electron chi connectivity index (χ0n) is 9.53. The minimum atomic E-state index is -0.0725. The Balaban J connectivity index is 1.82. The van der Waals surface area contributed by atoms with Crippen LogP contribution in [0.3, 0.4) is 0 Å². The van der Waals surface area contributed by atoms with Gasteiger partial charge in [0.15, 0.2) is 0 Å². The third-order valence-corrected chi connectivity index (χ3v) is 4.79. The van der Waals surface area contributed by atoms with Gasteiger partial charge in [-0.15, -0.1) is 11.3 Å². The molecule has 0 spiro atoms. The summed E-state index contributed by atoms with van der Waals surface area (Å²) in [7, 11) is 2.14. The van der Waals surface area contributed by atoms with E-state index >= 15 is 0 Å². The van der Waals surface area contributed by atoms with Crippen molar-refractivity contribution in [1.29, 1.82) is 0 Å². The molecular weight excluding hydrogens is 286 g/mol. The second kappa shape index (κ2) is 5.63. The highest BCUT2D eigenvalue weighted by Crippen LogP contribution is 2.27. The minimum Gasteiger partial charge on any atom is -0.393 e. The van der Waals surface area contributed by atoms with Crippen LogP contribution in [0.4, 0.5) is 0 Å². The van der Waals surface area contributed by atoms with E-state index in [1.165, 1.54) is 22.2 Å². The van der Waals surface area contributed by atoms with Crippen molar-refractivity contribution < 1.29 is 5.11 Å². The summed E-state index contributed by atoms with van der Waals surface area (Å²) in [6.45, 7) is 1.99. The second-order valence-corrected chi connectivity index (χ2v) is 7.00. The topological polar surface area (TPSA) is 23.5 Å². The van der Waals surface area contributed by atoms with Crippen LogP contribution < -0.4 is 0 Å². The van der Waals surface area contributed by atoms with Gasteiger partial charge in [-0.3, -0.25) is 0 Å². The molecule has 0 aliphatic heterocycles. The molecule has 0 amide bonds. The summed E-state index contributed by atoms with van der Waals surface area (Å²) < 4.78 is 1.19. The van der Waals surface area contributed by atoms with Crippen LogP contribution in [-0.4, -0.2) is 29.7 Å². The van der Waals surface area contributed by atoms with Crippen LogP contribution in [0.1, 0.15) is 24.8 Å². The molecule has 0 bridgehead atoms. The minimum absolute atomic E-state index is 0.0725. The van der Waals surface area contributed by atoms with Gasteiger partial charge in [-0.25, -0.2) is 0 Å². The maximum absolute atomic E-state index is 9.78. The molecular formula is C12H18BrNOS. The van der Waals surface area contributed by atoms with Crippen LogP contribution in [0, 0.1) is 5.92 Å². The molecule has 2 unspecified atom stereocenters. The van der Waals surface area contributed by atoms with E-state index in [4.69, 9.17) is 0 Å². The van der Waals surface area contributed by atoms with Crippen LogP contribution in [0.2, 0.25) is 0 Å². The lowest BCUT2D eigenvalue weighted by Gasteiger charge is -2.22. The highest BCUT2D eigenvalue weighted by Gasteiger charge is 2.25. The Morgan fingerprint density at radius 1 is 1.56 bits per heavy atom. The molecule has 1 heterocycles. The Morgan fingerprint density at radius 2 is 2.38 bits per heavy atom. The fourth-order valence-corrected chi connectivity index (χ4v) is 3.64. The van der Waals surface area contributed by atoms with E-state index in [-0.39, 0.29) is 6.10 Å². The molecule has 2 atom stereocenters. The van der Waals surface area contributed by atoms with Gasteiger partial charge in [0, 0.05) is 13.1 Å². The molecule has 90 valence electrons. The van der Waals surface area contributed by atoms with Crippen LogP contribution in [-0.2, 0) is 6.54 Å². The summed E-state index contributed by atoms with van der Waals surface area (Å²) in [4.78, 5) is 2.31. The Hall–Kier alpha value is 0.1000. The molecule has 0 aromatic carbocycles. The fourth-order valence-electron chi connectivity index (χ4n) is 2.44. The van der Waals surface area contributed by atoms with Gasteiger partial charge in [0.2, 0.25) is 0 Å². The van der Waals surface area contributed by atoms with Crippen molar-refractivity contribution >= 4 is 27.3 Å². The van der Waals surface area contributed by atoms with E-state index in [0.29, 0.717) is 5.92 Å². The average Bonchev–Trinajstić information content (AvgIpc) is 2.77. The lowest BCUT2D eigenvalue weighted by atomic mass is 10.1. The number of aliphatic hydroxyl groups excluding tert-OH is 1. The van der Waals surface area contributed by atoms with E-state index in [2.05, 4.69) is 39.3 Å². The smallest absolute Gasteiger partial charge is 0.0701 e. The lowest BCUT2D eigenvalue weighted by Crippen LogP contribution is -2.29. The monoisotopic (exact) mass is 303 g/mol. The highest BCUT2D eigenvalue weighted by molar-refractivity contribution is 9.11. The van der Waals surface area contributed by atoms with Crippen molar-refractivity contribution in [3.63, 3.8) is 0 Å². The highest BCUT2D eigenvalue weighted by atomic mass is 79.9. The second-order valence-electron chi connectivity index (χ2n) is 4.71. The number of hydrogen-bond donors (Lipinski definition) is 1. The molecule has 2 rings (SSSR count). The predicted octanol–water partition coefficient (Wildman–Crippen LogP) is 3.10. The Morgan fingerprint density at radius 3 is 2.94 bits per heavy atom. The first kappa shape index (κ1) is 12.6. The van der Waals surface area contributed by atoms with Gasteiger partial charge < -0.3 is 10.0 Å². The van der Waals surface area contributed by atoms with Crippen LogP contribution >= 0.6 is 27.3 Å². The molecule has 0 saturated heterocycles. The molecule has 16 heavy (non-hydrogen) atoms. The summed E-state index contributed by atoms with van der Waals surface area (Å²) in [6.07, 6.45) is 3.28. The first-order valence-electron chi connectivity index (χ1n) is 5.74. The number of thiophene rings is 1. The van der Waals surface area contributed by atoms with E-state index < -0.39 is 0 Å². The van der Waals surface area contributed by atoms with Crippen molar-refractivity contribution in [1.82, 2.24) is 4.90 Å². The van der Waals surface area contributed by atoms with E-state index in [9.17, 15) is 5.11 Å². The zero-order valence-corrected chi connectivity index (χ0v) is 11.9. The molecule has 1 fully saturated rings. The molecule has 0 radical (unpaired) electrons. The number of nitrogens with zero attached hydrogens (tertiary/aromatic N) is 1. The number of rotatable bonds is 4. The first-order chi connectivity index (χ1) is 7.65. The van der Waals surface area contributed by atoms with Gasteiger partial charge in [-0.2, -0.15) is 0 Å². The summed E-state index contributed by atoms with van der Waals surface area (Å²) in [5.74, 6) is 0.479. The molecule has 1 saturated carbocycles. The molecule has 1 aliphatic carbocycles. The zero-order chi connectivity index (χ0) is 11.5. The van der Waals surface area contributed by atoms with Crippen molar-refractivity contribution in [3.8, 4) is 0 Å². The number of aliphatic hydroxyl groups is 1. The van der Waals surface area contributed by atoms with Gasteiger partial charge in [-0.1, -0.05) is 6.42 Å². The third kappa shape index (κ3) is 3.29. The van der Waals surface area contributed by atoms with Crippen molar-refractivity contribution in [2.45, 2.75) is 31.9 Å². The fraction of sp³-hybridized carbons (Fsp3) is 0.667. The molecule has 1 N–H and O–H groups in total. The number of halogens is 1. The van der Waals surface area contributed by atoms with Crippen molar-refractivity contribution in [3.05, 3.63) is 20.8 Å². The van der Waals surface area contributed by atoms with E-state index in [1.54, 1.807) is 11.3 Å². The average molecular weight is 304 g/mol. The Labute approximate surface area is 109 Å². The van der Waals surface area contributed by atoms with Crippen molar-refractivity contribution in [2.75, 3.05) is 13.6 Å². The first-order valence-corrected chi connectivity index (χ1v) is 7.42. The standard InChI is InChI=1S/C12H18BrNOS/c1-14(6-9-5-12(13)16-8-9)7-10-3-2-4-11(10)15/h5,8,10-11,15H,2-4,6-7H2,1H3. The summed E-state index contributed by atoms with van der Waals surface area (Å²) in [6, 6.07) is 2.17. The normalized spacial score (nSPS) is 25.5. The largest absolute Gasteiger partial charge is 0.393 e. The van der Waals surface area contributed by atoms with Crippen LogP contribution in [0.25, 0.3) is 0 Å². The van der Waals surface area contributed by atoms with Gasteiger partial charge in [-0.05, 0) is 58.7 Å². The number of hydrogen-bond acceptors (Lipinski definition) is 3. The third-order valence-electron chi connectivity index (χ3n) is 3.24. The molecule has 4 heteroatoms. The molecule has 1 aromatic heterocycles. The quantitative estimate of drug-likeness (QED) is 0.924. The maximum atomic E-state index is 9.78.